The van der Waals surface area contributed by atoms with Gasteiger partial charge < -0.3 is 15.5 Å². The van der Waals surface area contributed by atoms with Crippen molar-refractivity contribution < 1.29 is 15.0 Å². The van der Waals surface area contributed by atoms with E-state index in [1.165, 1.54) is 116 Å². The molecule has 0 aromatic carbocycles. The highest BCUT2D eigenvalue weighted by atomic mass is 16.3. The molecule has 0 aromatic rings. The van der Waals surface area contributed by atoms with Gasteiger partial charge in [0, 0.05) is 6.42 Å². The first kappa shape index (κ1) is 39.6. The maximum atomic E-state index is 12.3. The van der Waals surface area contributed by atoms with E-state index in [1.807, 2.05) is 6.08 Å². The van der Waals surface area contributed by atoms with E-state index >= 15 is 0 Å². The lowest BCUT2D eigenvalue weighted by atomic mass is 10.0. The Morgan fingerprint density at radius 2 is 0.951 bits per heavy atom. The fraction of sp³-hybridized carbons (Fsp3) is 0.811. The molecular weight excluding hydrogens is 506 g/mol. The Labute approximate surface area is 255 Å². The van der Waals surface area contributed by atoms with Crippen LogP contribution in [0, 0.1) is 0 Å². The molecule has 0 rings (SSSR count). The second-order valence-electron chi connectivity index (χ2n) is 11.9. The van der Waals surface area contributed by atoms with E-state index in [1.54, 1.807) is 6.08 Å². The third-order valence-electron chi connectivity index (χ3n) is 7.85. The first-order valence-electron chi connectivity index (χ1n) is 17.7. The molecule has 41 heavy (non-hydrogen) atoms. The number of hydrogen-bond donors (Lipinski definition) is 3. The van der Waals surface area contributed by atoms with Crippen LogP contribution >= 0.6 is 0 Å². The van der Waals surface area contributed by atoms with Crippen molar-refractivity contribution in [2.45, 2.75) is 187 Å². The maximum absolute atomic E-state index is 12.3. The lowest BCUT2D eigenvalue weighted by molar-refractivity contribution is -0.123. The Morgan fingerprint density at radius 1 is 0.561 bits per heavy atom. The second-order valence-corrected chi connectivity index (χ2v) is 11.9. The summed E-state index contributed by atoms with van der Waals surface area (Å²) in [4.78, 5) is 12.3. The number of aliphatic hydroxyl groups excluding tert-OH is 2. The number of carbonyl (C=O) groups is 1. The Bertz CT molecular complexity index is 628. The zero-order valence-electron chi connectivity index (χ0n) is 27.3. The molecule has 0 radical (unpaired) electrons. The average molecular weight is 576 g/mol. The molecule has 0 aliphatic rings. The SMILES string of the molecule is CCCCC/C=C/CC/C=C/CC/C=C/C(O)C(CO)NC(=O)CCCCCCCCCCCCCCCCCC. The van der Waals surface area contributed by atoms with Crippen LogP contribution in [-0.4, -0.2) is 34.9 Å². The van der Waals surface area contributed by atoms with Crippen LogP contribution in [0.4, 0.5) is 0 Å². The van der Waals surface area contributed by atoms with Gasteiger partial charge in [-0.25, -0.2) is 0 Å². The summed E-state index contributed by atoms with van der Waals surface area (Å²) in [5.74, 6) is -0.0794. The fourth-order valence-corrected chi connectivity index (χ4v) is 5.09. The van der Waals surface area contributed by atoms with E-state index in [0.717, 1.165) is 38.5 Å². The normalized spacial score (nSPS) is 13.6. The number of carbonyl (C=O) groups excluding carboxylic acids is 1. The minimum absolute atomic E-state index is 0.0794. The Kier molecular flexibility index (Phi) is 32.0. The highest BCUT2D eigenvalue weighted by Gasteiger charge is 2.17. The van der Waals surface area contributed by atoms with Gasteiger partial charge in [0.15, 0.2) is 0 Å². The van der Waals surface area contributed by atoms with Gasteiger partial charge in [-0.3, -0.25) is 4.79 Å². The number of rotatable bonds is 31. The van der Waals surface area contributed by atoms with E-state index in [2.05, 4.69) is 43.5 Å². The Balaban J connectivity index is 3.68. The monoisotopic (exact) mass is 576 g/mol. The summed E-state index contributed by atoms with van der Waals surface area (Å²) in [7, 11) is 0. The van der Waals surface area contributed by atoms with Crippen molar-refractivity contribution in [1.82, 2.24) is 5.32 Å². The summed E-state index contributed by atoms with van der Waals surface area (Å²) in [6.45, 7) is 4.25. The number of allylic oxidation sites excluding steroid dienone is 5. The lowest BCUT2D eigenvalue weighted by Gasteiger charge is -2.19. The van der Waals surface area contributed by atoms with Gasteiger partial charge in [-0.2, -0.15) is 0 Å². The molecule has 2 unspecified atom stereocenters. The van der Waals surface area contributed by atoms with Crippen LogP contribution in [0.25, 0.3) is 0 Å². The number of aliphatic hydroxyl groups is 2. The minimum Gasteiger partial charge on any atom is -0.394 e. The smallest absolute Gasteiger partial charge is 0.220 e. The third-order valence-corrected chi connectivity index (χ3v) is 7.85. The van der Waals surface area contributed by atoms with Crippen molar-refractivity contribution in [2.24, 2.45) is 0 Å². The van der Waals surface area contributed by atoms with Crippen LogP contribution in [0.2, 0.25) is 0 Å². The second kappa shape index (κ2) is 33.1. The average Bonchev–Trinajstić information content (AvgIpc) is 2.97. The molecule has 0 aliphatic heterocycles. The highest BCUT2D eigenvalue weighted by molar-refractivity contribution is 5.76. The fourth-order valence-electron chi connectivity index (χ4n) is 5.09. The van der Waals surface area contributed by atoms with E-state index < -0.39 is 12.1 Å². The molecule has 4 nitrogen and oxygen atoms in total. The van der Waals surface area contributed by atoms with Crippen LogP contribution in [-0.2, 0) is 4.79 Å². The van der Waals surface area contributed by atoms with Crippen molar-refractivity contribution in [1.29, 1.82) is 0 Å². The standard InChI is InChI=1S/C37H69NO3/c1-3-5-7-9-11-13-15-17-18-19-21-23-25-27-29-31-33-37(41)38-35(34-39)36(40)32-30-28-26-24-22-20-16-14-12-10-8-6-4-2/h12,14,22,24,30,32,35-36,39-40H,3-11,13,15-21,23,25-29,31,33-34H2,1-2H3,(H,38,41)/b14-12+,24-22+,32-30+. The van der Waals surface area contributed by atoms with E-state index in [-0.39, 0.29) is 12.5 Å². The molecule has 0 fully saturated rings. The Hall–Kier alpha value is -1.39. The third kappa shape index (κ3) is 29.9. The van der Waals surface area contributed by atoms with Crippen LogP contribution in [0.5, 0.6) is 0 Å². The van der Waals surface area contributed by atoms with Crippen molar-refractivity contribution in [3.63, 3.8) is 0 Å². The molecule has 0 aliphatic carbocycles. The topological polar surface area (TPSA) is 69.6 Å². The van der Waals surface area contributed by atoms with E-state index in [4.69, 9.17) is 0 Å². The molecule has 2 atom stereocenters. The van der Waals surface area contributed by atoms with Gasteiger partial charge in [0.1, 0.15) is 0 Å². The maximum Gasteiger partial charge on any atom is 0.220 e. The zero-order chi connectivity index (χ0) is 30.1. The molecular formula is C37H69NO3. The van der Waals surface area contributed by atoms with E-state index in [0.29, 0.717) is 6.42 Å². The summed E-state index contributed by atoms with van der Waals surface area (Å²) in [5, 5.41) is 22.8. The molecule has 240 valence electrons. The molecule has 4 heteroatoms. The predicted octanol–water partition coefficient (Wildman–Crippen LogP) is 10.3. The highest BCUT2D eigenvalue weighted by Crippen LogP contribution is 2.14. The lowest BCUT2D eigenvalue weighted by Crippen LogP contribution is -2.45. The minimum atomic E-state index is -0.864. The Morgan fingerprint density at radius 3 is 1.41 bits per heavy atom. The number of hydrogen-bond acceptors (Lipinski definition) is 3. The van der Waals surface area contributed by atoms with Crippen molar-refractivity contribution >= 4 is 5.91 Å². The van der Waals surface area contributed by atoms with Crippen molar-refractivity contribution in [2.75, 3.05) is 6.61 Å². The summed E-state index contributed by atoms with van der Waals surface area (Å²) in [6.07, 6.45) is 42.2. The number of nitrogens with one attached hydrogen (secondary N) is 1. The molecule has 0 spiro atoms. The van der Waals surface area contributed by atoms with Gasteiger partial charge in [0.25, 0.3) is 0 Å². The molecule has 0 saturated carbocycles. The van der Waals surface area contributed by atoms with Crippen LogP contribution in [0.15, 0.2) is 36.5 Å². The molecule has 3 N–H and O–H groups in total. The first-order valence-corrected chi connectivity index (χ1v) is 17.7. The summed E-state index contributed by atoms with van der Waals surface area (Å²) < 4.78 is 0. The quantitative estimate of drug-likeness (QED) is 0.0569. The summed E-state index contributed by atoms with van der Waals surface area (Å²) >= 11 is 0. The summed E-state index contributed by atoms with van der Waals surface area (Å²) in [6, 6.07) is -0.639. The number of amides is 1. The van der Waals surface area contributed by atoms with Gasteiger partial charge in [-0.05, 0) is 44.9 Å². The van der Waals surface area contributed by atoms with Gasteiger partial charge in [0.05, 0.1) is 18.8 Å². The van der Waals surface area contributed by atoms with Crippen LogP contribution < -0.4 is 5.32 Å². The van der Waals surface area contributed by atoms with E-state index in [9.17, 15) is 15.0 Å². The summed E-state index contributed by atoms with van der Waals surface area (Å²) in [5.41, 5.74) is 0. The number of unbranched alkanes of at least 4 members (excludes halogenated alkanes) is 20. The van der Waals surface area contributed by atoms with Gasteiger partial charge in [-0.15, -0.1) is 0 Å². The molecule has 0 bridgehead atoms. The zero-order valence-corrected chi connectivity index (χ0v) is 27.3. The van der Waals surface area contributed by atoms with Crippen LogP contribution in [0.1, 0.15) is 174 Å². The van der Waals surface area contributed by atoms with Gasteiger partial charge in [-0.1, -0.05) is 159 Å². The first-order chi connectivity index (χ1) is 20.2. The molecule has 0 aromatic heterocycles. The van der Waals surface area contributed by atoms with Gasteiger partial charge in [0.2, 0.25) is 5.91 Å². The van der Waals surface area contributed by atoms with Crippen LogP contribution in [0.3, 0.4) is 0 Å². The largest absolute Gasteiger partial charge is 0.394 e. The van der Waals surface area contributed by atoms with Crippen molar-refractivity contribution in [3.8, 4) is 0 Å². The van der Waals surface area contributed by atoms with Crippen molar-refractivity contribution in [3.05, 3.63) is 36.5 Å². The predicted molar refractivity (Wildman–Crippen MR) is 179 cm³/mol. The molecule has 0 saturated heterocycles. The van der Waals surface area contributed by atoms with Gasteiger partial charge >= 0.3 is 0 Å². The molecule has 1 amide bonds. The molecule has 0 heterocycles.